The van der Waals surface area contributed by atoms with E-state index in [9.17, 15) is 37.1 Å². The van der Waals surface area contributed by atoms with E-state index in [1.165, 1.54) is 37.0 Å². The molecule has 248 valence electrons. The van der Waals surface area contributed by atoms with Gasteiger partial charge in [0.25, 0.3) is 0 Å². The Bertz CT molecular complexity index is 1590. The third kappa shape index (κ3) is 5.77. The zero-order valence-electron chi connectivity index (χ0n) is 26.3. The number of carbonyl (C=O) groups excluding carboxylic acids is 5. The Morgan fingerprint density at radius 3 is 2.37 bits per heavy atom. The van der Waals surface area contributed by atoms with Crippen LogP contribution in [0.1, 0.15) is 70.1 Å². The summed E-state index contributed by atoms with van der Waals surface area (Å²) >= 11 is 1.18. The number of nitrogens with one attached hydrogen (secondary N) is 3. The minimum atomic E-state index is -5.20. The van der Waals surface area contributed by atoms with Crippen LogP contribution in [0.2, 0.25) is 0 Å². The standard InChI is InChI=1S/C32H38F3N5O5S/c1-29(2,3)23(38-28(45)32(33,34)35)27(44)40-14-16-20(30(16,4)5)21(40)25(43)36-18(12-15-13-31(10-11-31)39-24(15)42)22(41)26-37-17-8-6-7-9-19(17)46-26/h6-9,15-16,18,20-21,23H,10-14H2,1-5H3,(H,36,43)(H,38,45)(H,39,42)/t15-,16+,18+,20+,21+,23-/m1/s1. The summed E-state index contributed by atoms with van der Waals surface area (Å²) in [6.45, 7) is 8.64. The van der Waals surface area contributed by atoms with Gasteiger partial charge in [-0.3, -0.25) is 24.0 Å². The second kappa shape index (κ2) is 10.7. The SMILES string of the molecule is CC(C)(C)[C@H](NC(=O)C(F)(F)F)C(=O)N1C[C@H]2[C@@H]([C@H]1C(=O)N[C@@H](C[C@@H]1CC3(CC3)NC1=O)C(=O)c1nc3ccccc3s1)C2(C)C. The van der Waals surface area contributed by atoms with Crippen molar-refractivity contribution in [1.29, 1.82) is 0 Å². The van der Waals surface area contributed by atoms with Crippen LogP contribution in [-0.4, -0.2) is 75.7 Å². The van der Waals surface area contributed by atoms with Crippen LogP contribution in [0.5, 0.6) is 0 Å². The molecule has 1 aromatic heterocycles. The first kappa shape index (κ1) is 32.4. The second-order valence-electron chi connectivity index (χ2n) is 15.0. The number of fused-ring (bicyclic) bond motifs is 2. The Labute approximate surface area is 268 Å². The second-order valence-corrected chi connectivity index (χ2v) is 16.0. The summed E-state index contributed by atoms with van der Waals surface area (Å²) in [5, 5.41) is 7.91. The molecule has 4 aliphatic rings. The number of likely N-dealkylation sites (tertiary alicyclic amines) is 1. The fraction of sp³-hybridized carbons (Fsp3) is 0.625. The molecule has 10 nitrogen and oxygen atoms in total. The number of hydrogen-bond donors (Lipinski definition) is 3. The van der Waals surface area contributed by atoms with Crippen molar-refractivity contribution in [2.24, 2.45) is 28.6 Å². The van der Waals surface area contributed by atoms with Crippen LogP contribution >= 0.6 is 11.3 Å². The molecule has 46 heavy (non-hydrogen) atoms. The van der Waals surface area contributed by atoms with E-state index in [4.69, 9.17) is 0 Å². The molecule has 6 rings (SSSR count). The average Bonchev–Trinajstić information content (AvgIpc) is 3.54. The van der Waals surface area contributed by atoms with E-state index in [1.54, 1.807) is 12.1 Å². The number of amides is 4. The van der Waals surface area contributed by atoms with Crippen molar-refractivity contribution in [2.45, 2.75) is 90.1 Å². The summed E-state index contributed by atoms with van der Waals surface area (Å²) in [7, 11) is 0. The maximum Gasteiger partial charge on any atom is 0.471 e. The van der Waals surface area contributed by atoms with Gasteiger partial charge >= 0.3 is 12.1 Å². The molecular weight excluding hydrogens is 623 g/mol. The highest BCUT2D eigenvalue weighted by Crippen LogP contribution is 2.65. The van der Waals surface area contributed by atoms with E-state index in [0.717, 1.165) is 17.5 Å². The minimum Gasteiger partial charge on any atom is -0.350 e. The van der Waals surface area contributed by atoms with E-state index in [0.29, 0.717) is 11.9 Å². The number of para-hydroxylation sites is 1. The van der Waals surface area contributed by atoms with Crippen LogP contribution in [-0.2, 0) is 19.2 Å². The third-order valence-electron chi connectivity index (χ3n) is 10.3. The minimum absolute atomic E-state index is 0.0402. The first-order chi connectivity index (χ1) is 21.3. The van der Waals surface area contributed by atoms with Gasteiger partial charge in [-0.1, -0.05) is 46.8 Å². The number of aromatic nitrogens is 1. The highest BCUT2D eigenvalue weighted by Gasteiger charge is 2.70. The number of ketones is 1. The van der Waals surface area contributed by atoms with Crippen LogP contribution in [0.15, 0.2) is 24.3 Å². The molecular formula is C32H38F3N5O5S. The van der Waals surface area contributed by atoms with Crippen LogP contribution in [0.4, 0.5) is 13.2 Å². The van der Waals surface area contributed by atoms with Gasteiger partial charge in [0.2, 0.25) is 23.5 Å². The van der Waals surface area contributed by atoms with Crippen molar-refractivity contribution >= 4 is 51.0 Å². The van der Waals surface area contributed by atoms with Gasteiger partial charge in [-0.2, -0.15) is 13.2 Å². The van der Waals surface area contributed by atoms with Crippen molar-refractivity contribution in [2.75, 3.05) is 6.54 Å². The molecule has 2 aliphatic carbocycles. The number of piperidine rings is 1. The van der Waals surface area contributed by atoms with Gasteiger partial charge in [-0.15, -0.1) is 11.3 Å². The molecule has 2 saturated heterocycles. The molecule has 6 atom stereocenters. The maximum atomic E-state index is 14.2. The summed E-state index contributed by atoms with van der Waals surface area (Å²) < 4.78 is 40.5. The molecule has 1 aromatic carbocycles. The summed E-state index contributed by atoms with van der Waals surface area (Å²) in [5.41, 5.74) is -1.07. The molecule has 3 heterocycles. The van der Waals surface area contributed by atoms with Gasteiger partial charge in [-0.25, -0.2) is 4.98 Å². The first-order valence-corrected chi connectivity index (χ1v) is 16.3. The molecule has 3 N–H and O–H groups in total. The zero-order chi connectivity index (χ0) is 33.6. The molecule has 2 aromatic rings. The van der Waals surface area contributed by atoms with Crippen LogP contribution in [0.3, 0.4) is 0 Å². The maximum absolute atomic E-state index is 14.2. The summed E-state index contributed by atoms with van der Waals surface area (Å²) in [5.74, 6) is -5.21. The topological polar surface area (TPSA) is 138 Å². The highest BCUT2D eigenvalue weighted by atomic mass is 32.1. The summed E-state index contributed by atoms with van der Waals surface area (Å²) in [4.78, 5) is 72.7. The molecule has 4 fully saturated rings. The number of thiazole rings is 1. The highest BCUT2D eigenvalue weighted by molar-refractivity contribution is 7.20. The van der Waals surface area contributed by atoms with E-state index in [2.05, 4.69) is 15.6 Å². The average molecular weight is 662 g/mol. The molecule has 2 aliphatic heterocycles. The largest absolute Gasteiger partial charge is 0.471 e. The zero-order valence-corrected chi connectivity index (χ0v) is 27.1. The summed E-state index contributed by atoms with van der Waals surface area (Å²) in [6, 6.07) is 3.46. The number of alkyl halides is 3. The van der Waals surface area contributed by atoms with Gasteiger partial charge in [0.15, 0.2) is 5.01 Å². The lowest BCUT2D eigenvalue weighted by Crippen LogP contribution is -2.61. The van der Waals surface area contributed by atoms with E-state index < -0.39 is 59.1 Å². The number of nitrogens with zero attached hydrogens (tertiary/aromatic N) is 2. The van der Waals surface area contributed by atoms with E-state index >= 15 is 0 Å². The van der Waals surface area contributed by atoms with Crippen molar-refractivity contribution in [3.8, 4) is 0 Å². The Balaban J connectivity index is 1.28. The Morgan fingerprint density at radius 1 is 1.11 bits per heavy atom. The number of Topliss-reactive ketones (excluding diaryl/α,β-unsaturated/α-hetero) is 1. The molecule has 4 amide bonds. The number of rotatable bonds is 8. The van der Waals surface area contributed by atoms with E-state index in [-0.39, 0.29) is 46.7 Å². The quantitative estimate of drug-likeness (QED) is 0.370. The Kier molecular flexibility index (Phi) is 7.57. The number of carbonyl (C=O) groups is 5. The van der Waals surface area contributed by atoms with Gasteiger partial charge in [0.1, 0.15) is 12.1 Å². The molecule has 14 heteroatoms. The van der Waals surface area contributed by atoms with Crippen molar-refractivity contribution in [3.63, 3.8) is 0 Å². The smallest absolute Gasteiger partial charge is 0.350 e. The van der Waals surface area contributed by atoms with Gasteiger partial charge in [-0.05, 0) is 60.5 Å². The number of hydrogen-bond acceptors (Lipinski definition) is 7. The number of benzene rings is 1. The normalized spacial score (nSPS) is 27.1. The van der Waals surface area contributed by atoms with E-state index in [1.807, 2.05) is 31.3 Å². The molecule has 1 spiro atoms. The predicted octanol–water partition coefficient (Wildman–Crippen LogP) is 3.60. The molecule has 0 unspecified atom stereocenters. The third-order valence-corrected chi connectivity index (χ3v) is 11.4. The van der Waals surface area contributed by atoms with Crippen molar-refractivity contribution in [3.05, 3.63) is 29.3 Å². The predicted molar refractivity (Wildman–Crippen MR) is 162 cm³/mol. The summed E-state index contributed by atoms with van der Waals surface area (Å²) in [6.07, 6.45) is -2.90. The Hall–Kier alpha value is -3.55. The lowest BCUT2D eigenvalue weighted by atomic mass is 9.85. The lowest BCUT2D eigenvalue weighted by Gasteiger charge is -2.38. The van der Waals surface area contributed by atoms with Gasteiger partial charge < -0.3 is 20.9 Å². The lowest BCUT2D eigenvalue weighted by molar-refractivity contribution is -0.176. The molecule has 2 saturated carbocycles. The molecule has 0 bridgehead atoms. The van der Waals surface area contributed by atoms with Crippen molar-refractivity contribution < 1.29 is 37.1 Å². The van der Waals surface area contributed by atoms with Crippen LogP contribution in [0.25, 0.3) is 10.2 Å². The van der Waals surface area contributed by atoms with Gasteiger partial charge in [0.05, 0.1) is 16.3 Å². The van der Waals surface area contributed by atoms with Gasteiger partial charge in [0, 0.05) is 18.0 Å². The monoisotopic (exact) mass is 661 g/mol. The first-order valence-electron chi connectivity index (χ1n) is 15.5. The fourth-order valence-electron chi connectivity index (χ4n) is 7.39. The Morgan fingerprint density at radius 2 is 1.78 bits per heavy atom. The molecule has 0 radical (unpaired) electrons. The van der Waals surface area contributed by atoms with Crippen LogP contribution < -0.4 is 16.0 Å². The van der Waals surface area contributed by atoms with Crippen LogP contribution in [0, 0.1) is 28.6 Å². The van der Waals surface area contributed by atoms with Crippen molar-refractivity contribution in [1.82, 2.24) is 25.8 Å². The fourth-order valence-corrected chi connectivity index (χ4v) is 8.35. The number of halogens is 3.